The van der Waals surface area contributed by atoms with Gasteiger partial charge in [0.2, 0.25) is 0 Å². The summed E-state index contributed by atoms with van der Waals surface area (Å²) < 4.78 is 10.1. The van der Waals surface area contributed by atoms with Gasteiger partial charge in [-0.25, -0.2) is 9.59 Å². The Hall–Kier alpha value is -2.04. The lowest BCUT2D eigenvalue weighted by molar-refractivity contribution is 0.0520. The SMILES string of the molecule is CCOC(=O)c1ccc(C(=O)O)cc1OCC. The molecule has 0 aliphatic rings. The molecule has 1 rings (SSSR count). The Morgan fingerprint density at radius 2 is 1.94 bits per heavy atom. The molecule has 17 heavy (non-hydrogen) atoms. The van der Waals surface area contributed by atoms with E-state index in [2.05, 4.69) is 0 Å². The number of esters is 1. The second kappa shape index (κ2) is 5.89. The zero-order valence-corrected chi connectivity index (χ0v) is 9.73. The van der Waals surface area contributed by atoms with E-state index in [9.17, 15) is 9.59 Å². The summed E-state index contributed by atoms with van der Waals surface area (Å²) >= 11 is 0. The van der Waals surface area contributed by atoms with Crippen LogP contribution in [0.5, 0.6) is 5.75 Å². The molecule has 0 unspecified atom stereocenters. The highest BCUT2D eigenvalue weighted by atomic mass is 16.5. The Bertz CT molecular complexity index is 425. The van der Waals surface area contributed by atoms with Gasteiger partial charge in [0.15, 0.2) is 0 Å². The minimum Gasteiger partial charge on any atom is -0.493 e. The van der Waals surface area contributed by atoms with Gasteiger partial charge in [0.05, 0.1) is 18.8 Å². The van der Waals surface area contributed by atoms with Crippen LogP contribution in [-0.2, 0) is 4.74 Å². The molecular formula is C12H14O5. The predicted molar refractivity (Wildman–Crippen MR) is 60.5 cm³/mol. The van der Waals surface area contributed by atoms with E-state index in [0.717, 1.165) is 0 Å². The molecule has 0 spiro atoms. The molecule has 0 aliphatic heterocycles. The zero-order valence-electron chi connectivity index (χ0n) is 9.73. The fourth-order valence-corrected chi connectivity index (χ4v) is 1.31. The van der Waals surface area contributed by atoms with Gasteiger partial charge in [-0.05, 0) is 32.0 Å². The van der Waals surface area contributed by atoms with Crippen LogP contribution in [0.3, 0.4) is 0 Å². The Balaban J connectivity index is 3.12. The lowest BCUT2D eigenvalue weighted by Gasteiger charge is -2.10. The topological polar surface area (TPSA) is 72.8 Å². The maximum absolute atomic E-state index is 11.6. The number of carboxylic acids is 1. The highest BCUT2D eigenvalue weighted by Crippen LogP contribution is 2.21. The molecule has 0 amide bonds. The quantitative estimate of drug-likeness (QED) is 0.794. The molecule has 5 nitrogen and oxygen atoms in total. The van der Waals surface area contributed by atoms with E-state index in [-0.39, 0.29) is 23.5 Å². The van der Waals surface area contributed by atoms with Crippen LogP contribution in [0.25, 0.3) is 0 Å². The highest BCUT2D eigenvalue weighted by molar-refractivity contribution is 5.95. The second-order valence-corrected chi connectivity index (χ2v) is 3.17. The first-order valence-electron chi connectivity index (χ1n) is 5.27. The van der Waals surface area contributed by atoms with Crippen molar-refractivity contribution in [3.63, 3.8) is 0 Å². The maximum Gasteiger partial charge on any atom is 0.341 e. The van der Waals surface area contributed by atoms with Crippen LogP contribution in [-0.4, -0.2) is 30.3 Å². The summed E-state index contributed by atoms with van der Waals surface area (Å²) in [5, 5.41) is 8.84. The maximum atomic E-state index is 11.6. The number of benzene rings is 1. The molecule has 0 fully saturated rings. The van der Waals surface area contributed by atoms with Gasteiger partial charge in [-0.1, -0.05) is 0 Å². The van der Waals surface area contributed by atoms with E-state index in [1.165, 1.54) is 18.2 Å². The van der Waals surface area contributed by atoms with Gasteiger partial charge in [-0.3, -0.25) is 0 Å². The van der Waals surface area contributed by atoms with Gasteiger partial charge in [0.1, 0.15) is 11.3 Å². The third kappa shape index (κ3) is 3.21. The number of carboxylic acid groups (broad SMARTS) is 1. The Kier molecular flexibility index (Phi) is 4.51. The lowest BCUT2D eigenvalue weighted by atomic mass is 10.1. The van der Waals surface area contributed by atoms with Crippen molar-refractivity contribution in [2.24, 2.45) is 0 Å². The molecule has 0 atom stereocenters. The summed E-state index contributed by atoms with van der Waals surface area (Å²) in [6.07, 6.45) is 0. The average molecular weight is 238 g/mol. The largest absolute Gasteiger partial charge is 0.493 e. The van der Waals surface area contributed by atoms with Crippen molar-refractivity contribution < 1.29 is 24.2 Å². The average Bonchev–Trinajstić information content (AvgIpc) is 2.29. The number of hydrogen-bond donors (Lipinski definition) is 1. The minimum absolute atomic E-state index is 0.0708. The number of rotatable bonds is 5. The number of aromatic carboxylic acids is 1. The Morgan fingerprint density at radius 3 is 2.47 bits per heavy atom. The molecule has 0 bridgehead atoms. The molecule has 0 heterocycles. The van der Waals surface area contributed by atoms with Gasteiger partial charge in [-0.15, -0.1) is 0 Å². The second-order valence-electron chi connectivity index (χ2n) is 3.17. The monoisotopic (exact) mass is 238 g/mol. The van der Waals surface area contributed by atoms with E-state index in [0.29, 0.717) is 6.61 Å². The van der Waals surface area contributed by atoms with E-state index in [1.807, 2.05) is 0 Å². The first kappa shape index (κ1) is 13.0. The van der Waals surface area contributed by atoms with E-state index >= 15 is 0 Å². The van der Waals surface area contributed by atoms with Gasteiger partial charge >= 0.3 is 11.9 Å². The predicted octanol–water partition coefficient (Wildman–Crippen LogP) is 1.96. The molecule has 0 saturated carbocycles. The molecular weight excluding hydrogens is 224 g/mol. The van der Waals surface area contributed by atoms with Crippen molar-refractivity contribution >= 4 is 11.9 Å². The zero-order chi connectivity index (χ0) is 12.8. The molecule has 1 aromatic rings. The molecule has 92 valence electrons. The number of hydrogen-bond acceptors (Lipinski definition) is 4. The number of carbonyl (C=O) groups is 2. The smallest absolute Gasteiger partial charge is 0.341 e. The summed E-state index contributed by atoms with van der Waals surface area (Å²) in [5.74, 6) is -1.36. The van der Waals surface area contributed by atoms with E-state index in [1.54, 1.807) is 13.8 Å². The molecule has 0 saturated heterocycles. The van der Waals surface area contributed by atoms with Crippen LogP contribution in [0.2, 0.25) is 0 Å². The molecule has 0 aromatic heterocycles. The van der Waals surface area contributed by atoms with Crippen LogP contribution in [0, 0.1) is 0 Å². The Morgan fingerprint density at radius 1 is 1.24 bits per heavy atom. The summed E-state index contributed by atoms with van der Waals surface area (Å²) in [4.78, 5) is 22.4. The van der Waals surface area contributed by atoms with Crippen LogP contribution in [0.1, 0.15) is 34.6 Å². The summed E-state index contributed by atoms with van der Waals surface area (Å²) in [6, 6.07) is 4.06. The summed E-state index contributed by atoms with van der Waals surface area (Å²) in [7, 11) is 0. The van der Waals surface area contributed by atoms with Crippen molar-refractivity contribution in [1.82, 2.24) is 0 Å². The highest BCUT2D eigenvalue weighted by Gasteiger charge is 2.16. The molecule has 0 aliphatic carbocycles. The van der Waals surface area contributed by atoms with Gasteiger partial charge in [0.25, 0.3) is 0 Å². The normalized spacial score (nSPS) is 9.76. The van der Waals surface area contributed by atoms with Crippen molar-refractivity contribution in [3.05, 3.63) is 29.3 Å². The van der Waals surface area contributed by atoms with Crippen LogP contribution in [0.4, 0.5) is 0 Å². The first-order chi connectivity index (χ1) is 8.10. The summed E-state index contributed by atoms with van der Waals surface area (Å²) in [6.45, 7) is 4.05. The number of carbonyl (C=O) groups excluding carboxylic acids is 1. The molecule has 0 radical (unpaired) electrons. The fraction of sp³-hybridized carbons (Fsp3) is 0.333. The van der Waals surface area contributed by atoms with E-state index in [4.69, 9.17) is 14.6 Å². The van der Waals surface area contributed by atoms with Crippen LogP contribution < -0.4 is 4.74 Å². The van der Waals surface area contributed by atoms with Gasteiger partial charge in [0, 0.05) is 0 Å². The third-order valence-corrected chi connectivity index (χ3v) is 2.02. The number of ether oxygens (including phenoxy) is 2. The van der Waals surface area contributed by atoms with Crippen molar-refractivity contribution in [2.75, 3.05) is 13.2 Å². The molecule has 1 aromatic carbocycles. The summed E-state index contributed by atoms with van der Waals surface area (Å²) in [5.41, 5.74) is 0.306. The standard InChI is InChI=1S/C12H14O5/c1-3-16-10-7-8(11(13)14)5-6-9(10)12(15)17-4-2/h5-7H,3-4H2,1-2H3,(H,13,14). The Labute approximate surface area is 99.0 Å². The third-order valence-electron chi connectivity index (χ3n) is 2.02. The lowest BCUT2D eigenvalue weighted by Crippen LogP contribution is -2.09. The fourth-order valence-electron chi connectivity index (χ4n) is 1.31. The first-order valence-corrected chi connectivity index (χ1v) is 5.27. The van der Waals surface area contributed by atoms with E-state index < -0.39 is 11.9 Å². The van der Waals surface area contributed by atoms with Crippen molar-refractivity contribution in [1.29, 1.82) is 0 Å². The molecule has 1 N–H and O–H groups in total. The van der Waals surface area contributed by atoms with Crippen LogP contribution in [0.15, 0.2) is 18.2 Å². The molecule has 5 heteroatoms. The van der Waals surface area contributed by atoms with Crippen molar-refractivity contribution in [2.45, 2.75) is 13.8 Å². The van der Waals surface area contributed by atoms with Crippen molar-refractivity contribution in [3.8, 4) is 5.75 Å². The van der Waals surface area contributed by atoms with Gasteiger partial charge in [-0.2, -0.15) is 0 Å². The van der Waals surface area contributed by atoms with Gasteiger partial charge < -0.3 is 14.6 Å². The van der Waals surface area contributed by atoms with Crippen LogP contribution >= 0.6 is 0 Å². The minimum atomic E-state index is -1.07.